The third-order valence-corrected chi connectivity index (χ3v) is 3.13. The summed E-state index contributed by atoms with van der Waals surface area (Å²) < 4.78 is 13.3. The maximum absolute atomic E-state index is 13.3. The number of piperidine rings is 1. The van der Waals surface area contributed by atoms with Gasteiger partial charge in [-0.25, -0.2) is 4.39 Å². The Morgan fingerprint density at radius 1 is 1.41 bits per heavy atom. The van der Waals surface area contributed by atoms with E-state index in [0.29, 0.717) is 12.2 Å². The molecule has 1 aromatic carbocycles. The quantitative estimate of drug-likeness (QED) is 0.850. The number of anilines is 1. The van der Waals surface area contributed by atoms with Crippen LogP contribution in [-0.4, -0.2) is 25.5 Å². The number of hydrogen-bond donors (Lipinski definition) is 1. The summed E-state index contributed by atoms with van der Waals surface area (Å²) in [6.45, 7) is 2.50. The number of hydrogen-bond acceptors (Lipinski definition) is 2. The molecule has 1 aromatic rings. The van der Waals surface area contributed by atoms with E-state index in [1.165, 1.54) is 12.1 Å². The first kappa shape index (κ1) is 12.0. The van der Waals surface area contributed by atoms with Gasteiger partial charge in [0.2, 0.25) is 5.91 Å². The van der Waals surface area contributed by atoms with Gasteiger partial charge in [0.15, 0.2) is 0 Å². The van der Waals surface area contributed by atoms with Gasteiger partial charge in [-0.15, -0.1) is 0 Å². The van der Waals surface area contributed by atoms with Crippen molar-refractivity contribution in [3.63, 3.8) is 0 Å². The fourth-order valence-electron chi connectivity index (χ4n) is 2.27. The van der Waals surface area contributed by atoms with Crippen molar-refractivity contribution in [2.75, 3.05) is 18.5 Å². The van der Waals surface area contributed by atoms with Gasteiger partial charge in [0.25, 0.3) is 0 Å². The summed E-state index contributed by atoms with van der Waals surface area (Å²) in [5.74, 6) is -0.261. The molecule has 1 amide bonds. The molecular formula is C13H17FN2O. The summed E-state index contributed by atoms with van der Waals surface area (Å²) in [4.78, 5) is 13.8. The second kappa shape index (κ2) is 4.84. The molecule has 0 saturated carbocycles. The summed E-state index contributed by atoms with van der Waals surface area (Å²) in [5, 5.41) is 3.00. The minimum atomic E-state index is -0.292. The van der Waals surface area contributed by atoms with Crippen molar-refractivity contribution in [1.29, 1.82) is 0 Å². The second-order valence-electron chi connectivity index (χ2n) is 4.46. The van der Waals surface area contributed by atoms with E-state index in [4.69, 9.17) is 0 Å². The Labute approximate surface area is 101 Å². The second-order valence-corrected chi connectivity index (χ2v) is 4.46. The highest BCUT2D eigenvalue weighted by atomic mass is 19.1. The van der Waals surface area contributed by atoms with Crippen molar-refractivity contribution >= 4 is 11.6 Å². The topological polar surface area (TPSA) is 32.3 Å². The highest BCUT2D eigenvalue weighted by Gasteiger charge is 2.28. The van der Waals surface area contributed by atoms with Crippen molar-refractivity contribution in [3.8, 4) is 0 Å². The highest BCUT2D eigenvalue weighted by Crippen LogP contribution is 2.23. The fourth-order valence-corrected chi connectivity index (χ4v) is 2.27. The van der Waals surface area contributed by atoms with Crippen LogP contribution in [0.3, 0.4) is 0 Å². The van der Waals surface area contributed by atoms with Crippen molar-refractivity contribution in [3.05, 3.63) is 29.6 Å². The van der Waals surface area contributed by atoms with Crippen molar-refractivity contribution in [2.45, 2.75) is 25.8 Å². The number of halogens is 1. The van der Waals surface area contributed by atoms with E-state index in [2.05, 4.69) is 5.32 Å². The van der Waals surface area contributed by atoms with Crippen LogP contribution in [0.25, 0.3) is 0 Å². The Morgan fingerprint density at radius 3 is 2.82 bits per heavy atom. The number of benzene rings is 1. The van der Waals surface area contributed by atoms with E-state index in [1.54, 1.807) is 11.9 Å². The van der Waals surface area contributed by atoms with Gasteiger partial charge in [-0.05, 0) is 50.6 Å². The van der Waals surface area contributed by atoms with Crippen LogP contribution in [-0.2, 0) is 4.79 Å². The third kappa shape index (κ3) is 2.47. The zero-order chi connectivity index (χ0) is 12.4. The molecule has 17 heavy (non-hydrogen) atoms. The molecule has 1 saturated heterocycles. The van der Waals surface area contributed by atoms with E-state index < -0.39 is 0 Å². The Morgan fingerprint density at radius 2 is 2.18 bits per heavy atom. The van der Waals surface area contributed by atoms with E-state index in [0.717, 1.165) is 18.4 Å². The Kier molecular flexibility index (Phi) is 3.43. The molecular weight excluding hydrogens is 219 g/mol. The number of carbonyl (C=O) groups excluding carboxylic acids is 1. The molecule has 1 atom stereocenters. The maximum Gasteiger partial charge on any atom is 0.244 e. The first-order chi connectivity index (χ1) is 8.11. The molecule has 1 heterocycles. The minimum absolute atomic E-state index is 0.0313. The molecule has 2 rings (SSSR count). The van der Waals surface area contributed by atoms with Crippen LogP contribution in [0.2, 0.25) is 0 Å². The molecule has 1 N–H and O–H groups in total. The van der Waals surface area contributed by atoms with Gasteiger partial charge < -0.3 is 10.2 Å². The first-order valence-electron chi connectivity index (χ1n) is 5.87. The van der Waals surface area contributed by atoms with E-state index in [-0.39, 0.29) is 17.8 Å². The minimum Gasteiger partial charge on any atom is -0.311 e. The highest BCUT2D eigenvalue weighted by molar-refractivity contribution is 5.97. The largest absolute Gasteiger partial charge is 0.311 e. The predicted octanol–water partition coefficient (Wildman–Crippen LogP) is 1.85. The maximum atomic E-state index is 13.3. The molecule has 1 unspecified atom stereocenters. The van der Waals surface area contributed by atoms with Gasteiger partial charge in [-0.1, -0.05) is 0 Å². The molecule has 92 valence electrons. The number of likely N-dealkylation sites (N-methyl/N-ethyl adjacent to an activating group) is 1. The lowest BCUT2D eigenvalue weighted by molar-refractivity contribution is -0.121. The predicted molar refractivity (Wildman–Crippen MR) is 65.6 cm³/mol. The van der Waals surface area contributed by atoms with Crippen LogP contribution in [0.5, 0.6) is 0 Å². The first-order valence-corrected chi connectivity index (χ1v) is 5.87. The van der Waals surface area contributed by atoms with Gasteiger partial charge in [0.05, 0.1) is 6.04 Å². The van der Waals surface area contributed by atoms with Crippen molar-refractivity contribution in [2.24, 2.45) is 0 Å². The van der Waals surface area contributed by atoms with Crippen molar-refractivity contribution < 1.29 is 9.18 Å². The van der Waals surface area contributed by atoms with E-state index in [1.807, 2.05) is 13.0 Å². The average molecular weight is 236 g/mol. The lowest BCUT2D eigenvalue weighted by Crippen LogP contribution is -2.49. The van der Waals surface area contributed by atoms with Crippen LogP contribution < -0.4 is 10.2 Å². The number of nitrogens with zero attached hydrogens (tertiary/aromatic N) is 1. The summed E-state index contributed by atoms with van der Waals surface area (Å²) >= 11 is 0. The summed E-state index contributed by atoms with van der Waals surface area (Å²) in [6, 6.07) is 4.59. The summed E-state index contributed by atoms with van der Waals surface area (Å²) in [6.07, 6.45) is 1.78. The normalized spacial score (nSPS) is 20.8. The van der Waals surface area contributed by atoms with E-state index in [9.17, 15) is 9.18 Å². The average Bonchev–Trinajstić information content (AvgIpc) is 2.28. The molecule has 0 radical (unpaired) electrons. The zero-order valence-corrected chi connectivity index (χ0v) is 10.2. The Bertz CT molecular complexity index is 413. The van der Waals surface area contributed by atoms with Crippen LogP contribution in [0.1, 0.15) is 18.4 Å². The molecule has 0 bridgehead atoms. The van der Waals surface area contributed by atoms with Crippen LogP contribution in [0, 0.1) is 12.7 Å². The van der Waals surface area contributed by atoms with E-state index >= 15 is 0 Å². The summed E-state index contributed by atoms with van der Waals surface area (Å²) in [5.41, 5.74) is 1.49. The monoisotopic (exact) mass is 236 g/mol. The lowest BCUT2D eigenvalue weighted by Gasteiger charge is -2.32. The molecule has 4 heteroatoms. The smallest absolute Gasteiger partial charge is 0.244 e. The molecule has 0 spiro atoms. The number of carbonyl (C=O) groups is 1. The third-order valence-electron chi connectivity index (χ3n) is 3.13. The lowest BCUT2D eigenvalue weighted by atomic mass is 10.0. The standard InChI is InChI=1S/C13H17FN2O/c1-9-6-10(14)8-11(7-9)16-5-3-4-12(15-2)13(16)17/h6-8,12,15H,3-5H2,1-2H3. The Hall–Kier alpha value is -1.42. The Balaban J connectivity index is 2.29. The zero-order valence-electron chi connectivity index (χ0n) is 10.2. The van der Waals surface area contributed by atoms with Crippen LogP contribution >= 0.6 is 0 Å². The SMILES string of the molecule is CNC1CCCN(c2cc(C)cc(F)c2)C1=O. The molecule has 1 aliphatic rings. The molecule has 1 fully saturated rings. The van der Waals surface area contributed by atoms with Crippen LogP contribution in [0.15, 0.2) is 18.2 Å². The van der Waals surface area contributed by atoms with Crippen molar-refractivity contribution in [1.82, 2.24) is 5.32 Å². The number of rotatable bonds is 2. The van der Waals surface area contributed by atoms with Gasteiger partial charge in [-0.2, -0.15) is 0 Å². The molecule has 1 aliphatic heterocycles. The van der Waals surface area contributed by atoms with Gasteiger partial charge in [0, 0.05) is 12.2 Å². The molecule has 0 aromatic heterocycles. The number of amides is 1. The summed E-state index contributed by atoms with van der Waals surface area (Å²) in [7, 11) is 1.78. The number of aryl methyl sites for hydroxylation is 1. The molecule has 3 nitrogen and oxygen atoms in total. The molecule has 0 aliphatic carbocycles. The van der Waals surface area contributed by atoms with Gasteiger partial charge in [0.1, 0.15) is 5.82 Å². The van der Waals surface area contributed by atoms with Gasteiger partial charge >= 0.3 is 0 Å². The van der Waals surface area contributed by atoms with Gasteiger partial charge in [-0.3, -0.25) is 4.79 Å². The fraction of sp³-hybridized carbons (Fsp3) is 0.462. The number of nitrogens with one attached hydrogen (secondary N) is 1. The van der Waals surface area contributed by atoms with Crippen LogP contribution in [0.4, 0.5) is 10.1 Å².